The van der Waals surface area contributed by atoms with Crippen LogP contribution in [0.5, 0.6) is 0 Å². The Labute approximate surface area is 146 Å². The molecule has 2 aromatic carbocycles. The van der Waals surface area contributed by atoms with Crippen molar-refractivity contribution in [2.24, 2.45) is 0 Å². The van der Waals surface area contributed by atoms with E-state index in [1.54, 1.807) is 36.4 Å². The summed E-state index contributed by atoms with van der Waals surface area (Å²) < 4.78 is 10.1. The molecule has 0 saturated carbocycles. The Hall–Kier alpha value is -3.14. The van der Waals surface area contributed by atoms with E-state index in [9.17, 15) is 9.59 Å². The smallest absolute Gasteiger partial charge is 0.343 e. The number of methoxy groups -OCH3 is 1. The number of ether oxygens (including phenoxy) is 2. The summed E-state index contributed by atoms with van der Waals surface area (Å²) in [5.74, 6) is -0.215. The maximum Gasteiger partial charge on any atom is 0.343 e. The molecule has 0 fully saturated rings. The number of aryl methyl sites for hydroxylation is 2. The Morgan fingerprint density at radius 1 is 1.08 bits per heavy atom. The number of carbonyl (C=O) groups excluding carboxylic acids is 2. The summed E-state index contributed by atoms with van der Waals surface area (Å²) in [4.78, 5) is 23.6. The van der Waals surface area contributed by atoms with Crippen molar-refractivity contribution in [2.45, 2.75) is 13.8 Å². The summed E-state index contributed by atoms with van der Waals surface area (Å²) in [6, 6.07) is 12.9. The number of rotatable bonds is 3. The van der Waals surface area contributed by atoms with Crippen LogP contribution in [0.25, 0.3) is 11.8 Å². The molecule has 4 nitrogen and oxygen atoms in total. The van der Waals surface area contributed by atoms with Crippen LogP contribution in [0.4, 0.5) is 0 Å². The van der Waals surface area contributed by atoms with Crippen molar-refractivity contribution in [1.29, 1.82) is 0 Å². The maximum absolute atomic E-state index is 12.2. The van der Waals surface area contributed by atoms with Gasteiger partial charge in [0.1, 0.15) is 5.76 Å². The highest BCUT2D eigenvalue weighted by atomic mass is 16.5. The predicted octanol–water partition coefficient (Wildman–Crippen LogP) is 4.07. The highest BCUT2D eigenvalue weighted by Gasteiger charge is 2.23. The maximum atomic E-state index is 12.2. The summed E-state index contributed by atoms with van der Waals surface area (Å²) in [5, 5.41) is 0. The second-order valence-electron chi connectivity index (χ2n) is 5.93. The van der Waals surface area contributed by atoms with Crippen LogP contribution < -0.4 is 0 Å². The fourth-order valence-corrected chi connectivity index (χ4v) is 2.64. The molecule has 1 aliphatic heterocycles. The van der Waals surface area contributed by atoms with E-state index in [1.807, 2.05) is 32.0 Å². The highest BCUT2D eigenvalue weighted by molar-refractivity contribution is 6.05. The van der Waals surface area contributed by atoms with Crippen LogP contribution in [-0.4, -0.2) is 19.0 Å². The number of esters is 2. The summed E-state index contributed by atoms with van der Waals surface area (Å²) in [5.41, 5.74) is 4.81. The minimum Gasteiger partial charge on any atom is -0.465 e. The number of cyclic esters (lactones) is 1. The van der Waals surface area contributed by atoms with Crippen molar-refractivity contribution in [3.63, 3.8) is 0 Å². The molecule has 0 aliphatic carbocycles. The Morgan fingerprint density at radius 3 is 2.48 bits per heavy atom. The van der Waals surface area contributed by atoms with E-state index in [0.717, 1.165) is 22.3 Å². The molecule has 0 atom stereocenters. The summed E-state index contributed by atoms with van der Waals surface area (Å²) in [6.07, 6.45) is 3.49. The van der Waals surface area contributed by atoms with Gasteiger partial charge < -0.3 is 9.47 Å². The molecular weight excluding hydrogens is 316 g/mol. The first-order chi connectivity index (χ1) is 12.0. The van der Waals surface area contributed by atoms with Crippen LogP contribution in [0.1, 0.15) is 32.6 Å². The van der Waals surface area contributed by atoms with Crippen LogP contribution in [0.3, 0.4) is 0 Å². The van der Waals surface area contributed by atoms with Crippen LogP contribution >= 0.6 is 0 Å². The Balaban J connectivity index is 1.90. The predicted molar refractivity (Wildman–Crippen MR) is 95.7 cm³/mol. The fraction of sp³-hybridized carbons (Fsp3) is 0.143. The molecule has 25 heavy (non-hydrogen) atoms. The van der Waals surface area contributed by atoms with Crippen molar-refractivity contribution in [1.82, 2.24) is 0 Å². The van der Waals surface area contributed by atoms with Crippen molar-refractivity contribution < 1.29 is 19.1 Å². The van der Waals surface area contributed by atoms with E-state index < -0.39 is 5.97 Å². The molecule has 0 aromatic heterocycles. The molecule has 3 rings (SSSR count). The third kappa shape index (κ3) is 3.53. The van der Waals surface area contributed by atoms with Gasteiger partial charge in [0.15, 0.2) is 0 Å². The molecule has 0 saturated heterocycles. The topological polar surface area (TPSA) is 52.6 Å². The molecule has 0 N–H and O–H groups in total. The van der Waals surface area contributed by atoms with Crippen molar-refractivity contribution in [2.75, 3.05) is 7.11 Å². The van der Waals surface area contributed by atoms with Gasteiger partial charge in [0.2, 0.25) is 0 Å². The lowest BCUT2D eigenvalue weighted by Gasteiger charge is -2.06. The van der Waals surface area contributed by atoms with E-state index in [4.69, 9.17) is 4.74 Å². The molecule has 1 aliphatic rings. The van der Waals surface area contributed by atoms with Crippen molar-refractivity contribution in [3.8, 4) is 0 Å². The first-order valence-electron chi connectivity index (χ1n) is 7.89. The quantitative estimate of drug-likeness (QED) is 0.627. The van der Waals surface area contributed by atoms with Gasteiger partial charge in [0.05, 0.1) is 18.2 Å². The molecular formula is C21H18O4. The Bertz CT molecular complexity index is 902. The molecule has 0 bridgehead atoms. The van der Waals surface area contributed by atoms with Gasteiger partial charge in [-0.3, -0.25) is 0 Å². The molecule has 4 heteroatoms. The Kier molecular flexibility index (Phi) is 4.52. The number of benzene rings is 2. The van der Waals surface area contributed by atoms with Crippen molar-refractivity contribution >= 4 is 23.8 Å². The lowest BCUT2D eigenvalue weighted by molar-refractivity contribution is -0.130. The largest absolute Gasteiger partial charge is 0.465 e. The lowest BCUT2D eigenvalue weighted by Crippen LogP contribution is -2.00. The number of hydrogen-bond acceptors (Lipinski definition) is 4. The zero-order chi connectivity index (χ0) is 18.0. The van der Waals surface area contributed by atoms with E-state index in [2.05, 4.69) is 4.74 Å². The lowest BCUT2D eigenvalue weighted by atomic mass is 10.0. The van der Waals surface area contributed by atoms with Gasteiger partial charge in [-0.15, -0.1) is 0 Å². The van der Waals surface area contributed by atoms with Crippen LogP contribution in [0.2, 0.25) is 0 Å². The monoisotopic (exact) mass is 334 g/mol. The molecule has 0 unspecified atom stereocenters. The second kappa shape index (κ2) is 6.77. The first-order valence-corrected chi connectivity index (χ1v) is 7.89. The van der Waals surface area contributed by atoms with Crippen LogP contribution in [-0.2, 0) is 14.3 Å². The van der Waals surface area contributed by atoms with Gasteiger partial charge in [0, 0.05) is 5.56 Å². The fourth-order valence-electron chi connectivity index (χ4n) is 2.64. The average molecular weight is 334 g/mol. The molecule has 0 spiro atoms. The molecule has 1 heterocycles. The standard InChI is InChI=1S/C21H18O4/c1-13-4-5-14(2)18(10-13)19-12-17(21(23)25-19)11-15-6-8-16(9-7-15)20(22)24-3/h4-12H,1-3H3/b17-11+. The third-order valence-electron chi connectivity index (χ3n) is 4.04. The summed E-state index contributed by atoms with van der Waals surface area (Å²) in [7, 11) is 1.34. The third-order valence-corrected chi connectivity index (χ3v) is 4.04. The van der Waals surface area contributed by atoms with E-state index >= 15 is 0 Å². The van der Waals surface area contributed by atoms with E-state index in [-0.39, 0.29) is 5.97 Å². The first kappa shape index (κ1) is 16.7. The molecule has 0 radical (unpaired) electrons. The summed E-state index contributed by atoms with van der Waals surface area (Å²) in [6.45, 7) is 3.98. The van der Waals surface area contributed by atoms with Gasteiger partial charge in [-0.1, -0.05) is 29.8 Å². The molecule has 0 amide bonds. The van der Waals surface area contributed by atoms with Crippen LogP contribution in [0.15, 0.2) is 54.1 Å². The number of hydrogen-bond donors (Lipinski definition) is 0. The van der Waals surface area contributed by atoms with Gasteiger partial charge in [0.25, 0.3) is 0 Å². The summed E-state index contributed by atoms with van der Waals surface area (Å²) >= 11 is 0. The SMILES string of the molecule is COC(=O)c1ccc(/C=C2\C=C(c3cc(C)ccc3C)OC2=O)cc1. The van der Waals surface area contributed by atoms with Crippen LogP contribution in [0, 0.1) is 13.8 Å². The van der Waals surface area contributed by atoms with Gasteiger partial charge in [-0.25, -0.2) is 9.59 Å². The van der Waals surface area contributed by atoms with Gasteiger partial charge >= 0.3 is 11.9 Å². The second-order valence-corrected chi connectivity index (χ2v) is 5.93. The minimum absolute atomic E-state index is 0.382. The Morgan fingerprint density at radius 2 is 1.80 bits per heavy atom. The normalized spacial score (nSPS) is 15.1. The minimum atomic E-state index is -0.392. The average Bonchev–Trinajstić information content (AvgIpc) is 2.97. The zero-order valence-electron chi connectivity index (χ0n) is 14.3. The zero-order valence-corrected chi connectivity index (χ0v) is 14.3. The number of carbonyl (C=O) groups is 2. The van der Waals surface area contributed by atoms with Gasteiger partial charge in [-0.2, -0.15) is 0 Å². The highest BCUT2D eigenvalue weighted by Crippen LogP contribution is 2.30. The van der Waals surface area contributed by atoms with E-state index in [1.165, 1.54) is 7.11 Å². The van der Waals surface area contributed by atoms with Crippen molar-refractivity contribution in [3.05, 3.63) is 81.9 Å². The van der Waals surface area contributed by atoms with E-state index in [0.29, 0.717) is 16.9 Å². The molecule has 2 aromatic rings. The van der Waals surface area contributed by atoms with Gasteiger partial charge in [-0.05, 0) is 55.3 Å². The molecule has 126 valence electrons.